The summed E-state index contributed by atoms with van der Waals surface area (Å²) in [6.07, 6.45) is 7.07. The van der Waals surface area contributed by atoms with Gasteiger partial charge >= 0.3 is 5.97 Å². The van der Waals surface area contributed by atoms with Crippen molar-refractivity contribution in [3.8, 4) is 5.88 Å². The van der Waals surface area contributed by atoms with E-state index in [2.05, 4.69) is 15.3 Å². The van der Waals surface area contributed by atoms with Gasteiger partial charge in [-0.1, -0.05) is 6.42 Å². The number of carbonyl (C=O) groups excluding carboxylic acids is 2. The van der Waals surface area contributed by atoms with Gasteiger partial charge in [-0.3, -0.25) is 19.3 Å². The van der Waals surface area contributed by atoms with E-state index in [1.54, 1.807) is 20.8 Å². The molecule has 0 unspecified atom stereocenters. The Morgan fingerprint density at radius 2 is 2.06 bits per heavy atom. The van der Waals surface area contributed by atoms with Gasteiger partial charge in [0.1, 0.15) is 16.8 Å². The zero-order valence-electron chi connectivity index (χ0n) is 18.5. The van der Waals surface area contributed by atoms with Crippen LogP contribution in [-0.4, -0.2) is 37.0 Å². The first-order valence-electron chi connectivity index (χ1n) is 10.5. The van der Waals surface area contributed by atoms with Crippen LogP contribution in [0.3, 0.4) is 0 Å². The van der Waals surface area contributed by atoms with Gasteiger partial charge in [0.05, 0.1) is 5.69 Å². The number of nitrogens with zero attached hydrogens (tertiary/aromatic N) is 3. The number of hydrogen-bond acceptors (Lipinski definition) is 8. The number of rotatable bonds is 5. The predicted molar refractivity (Wildman–Crippen MR) is 125 cm³/mol. The van der Waals surface area contributed by atoms with E-state index in [0.717, 1.165) is 30.7 Å². The molecule has 0 saturated heterocycles. The van der Waals surface area contributed by atoms with Crippen molar-refractivity contribution in [2.24, 2.45) is 0 Å². The molecular weight excluding hydrogens is 444 g/mol. The normalized spacial score (nSPS) is 14.4. The Bertz CT molecular complexity index is 1310. The number of aromatic hydroxyl groups is 1. The molecule has 1 fully saturated rings. The Morgan fingerprint density at radius 1 is 1.30 bits per heavy atom. The number of aromatic nitrogens is 3. The van der Waals surface area contributed by atoms with Crippen LogP contribution in [0.2, 0.25) is 0 Å². The molecule has 0 spiro atoms. The second-order valence-corrected chi connectivity index (χ2v) is 9.68. The van der Waals surface area contributed by atoms with Gasteiger partial charge in [0.2, 0.25) is 5.88 Å². The van der Waals surface area contributed by atoms with E-state index in [1.165, 1.54) is 40.5 Å². The average Bonchev–Trinajstić information content (AvgIpc) is 3.12. The summed E-state index contributed by atoms with van der Waals surface area (Å²) in [7, 11) is 0. The fraction of sp³-hybridized carbons (Fsp3) is 0.348. The molecule has 4 rings (SSSR count). The summed E-state index contributed by atoms with van der Waals surface area (Å²) in [5.41, 5.74) is -0.0805. The Morgan fingerprint density at radius 3 is 2.73 bits per heavy atom. The van der Waals surface area contributed by atoms with Crippen molar-refractivity contribution in [3.63, 3.8) is 0 Å². The number of thiazole rings is 1. The molecule has 3 aromatic rings. The van der Waals surface area contributed by atoms with Gasteiger partial charge in [0, 0.05) is 29.1 Å². The molecule has 0 bridgehead atoms. The minimum absolute atomic E-state index is 0.0915. The largest absolute Gasteiger partial charge is 0.493 e. The minimum Gasteiger partial charge on any atom is -0.493 e. The van der Waals surface area contributed by atoms with Crippen molar-refractivity contribution >= 4 is 40.1 Å². The summed E-state index contributed by atoms with van der Waals surface area (Å²) >= 11 is 1.37. The van der Waals surface area contributed by atoms with Gasteiger partial charge in [0.25, 0.3) is 11.5 Å². The molecule has 0 radical (unpaired) electrons. The minimum atomic E-state index is -0.686. The van der Waals surface area contributed by atoms with Crippen molar-refractivity contribution in [2.75, 3.05) is 5.32 Å². The Labute approximate surface area is 193 Å². The highest BCUT2D eigenvalue weighted by molar-refractivity contribution is 7.14. The molecule has 0 aromatic carbocycles. The van der Waals surface area contributed by atoms with Crippen LogP contribution in [-0.2, 0) is 9.53 Å². The standard InChI is InChI=1S/C23H24N4O5S/c1-23(2,3)32-18(28)8-7-15-20(30)25-17-11-14(9-10-27(17)21(15)31)19(29)26-22-24-16(12-33-22)13-5-4-6-13/h7-13,30H,4-6H2,1-3H3,(H,24,26,29)/b8-7+. The van der Waals surface area contributed by atoms with Gasteiger partial charge in [-0.05, 0) is 51.8 Å². The van der Waals surface area contributed by atoms with Crippen molar-refractivity contribution < 1.29 is 19.4 Å². The lowest BCUT2D eigenvalue weighted by Gasteiger charge is -2.22. The number of anilines is 1. The zero-order chi connectivity index (χ0) is 23.8. The number of hydrogen-bond donors (Lipinski definition) is 2. The summed E-state index contributed by atoms with van der Waals surface area (Å²) in [5.74, 6) is -1.12. The topological polar surface area (TPSA) is 123 Å². The van der Waals surface area contributed by atoms with Crippen LogP contribution in [0.15, 0.2) is 34.6 Å². The summed E-state index contributed by atoms with van der Waals surface area (Å²) in [6, 6.07) is 2.88. The Hall–Kier alpha value is -3.53. The van der Waals surface area contributed by atoms with Gasteiger partial charge in [0.15, 0.2) is 5.13 Å². The highest BCUT2D eigenvalue weighted by Crippen LogP contribution is 2.37. The quantitative estimate of drug-likeness (QED) is 0.432. The summed E-state index contributed by atoms with van der Waals surface area (Å²) < 4.78 is 6.34. The average molecular weight is 469 g/mol. The Kier molecular flexibility index (Phi) is 6.03. The number of ether oxygens (including phenoxy) is 1. The van der Waals surface area contributed by atoms with Crippen molar-refractivity contribution in [3.05, 3.63) is 57.0 Å². The molecule has 0 aliphatic heterocycles. The highest BCUT2D eigenvalue weighted by Gasteiger charge is 2.22. The summed E-state index contributed by atoms with van der Waals surface area (Å²) in [5, 5.41) is 15.5. The number of esters is 1. The molecular formula is C23H24N4O5S. The molecule has 1 amide bonds. The van der Waals surface area contributed by atoms with Gasteiger partial charge in [-0.25, -0.2) is 9.78 Å². The summed E-state index contributed by atoms with van der Waals surface area (Å²) in [6.45, 7) is 5.16. The third kappa shape index (κ3) is 5.11. The van der Waals surface area contributed by atoms with Crippen LogP contribution in [0.4, 0.5) is 5.13 Å². The molecule has 1 saturated carbocycles. The molecule has 172 valence electrons. The van der Waals surface area contributed by atoms with Gasteiger partial charge in [-0.2, -0.15) is 4.98 Å². The first-order valence-corrected chi connectivity index (χ1v) is 11.4. The molecule has 33 heavy (non-hydrogen) atoms. The third-order valence-corrected chi connectivity index (χ3v) is 5.94. The first kappa shape index (κ1) is 22.7. The molecule has 10 heteroatoms. The fourth-order valence-electron chi connectivity index (χ4n) is 3.32. The van der Waals surface area contributed by atoms with Gasteiger partial charge < -0.3 is 9.84 Å². The highest BCUT2D eigenvalue weighted by atomic mass is 32.1. The predicted octanol–water partition coefficient (Wildman–Crippen LogP) is 3.73. The van der Waals surface area contributed by atoms with Crippen LogP contribution in [0.25, 0.3) is 11.7 Å². The van der Waals surface area contributed by atoms with E-state index in [1.807, 2.05) is 5.38 Å². The molecule has 3 aromatic heterocycles. The number of carbonyl (C=O) groups is 2. The third-order valence-electron chi connectivity index (χ3n) is 5.17. The van der Waals surface area contributed by atoms with Gasteiger partial charge in [-0.15, -0.1) is 11.3 Å². The lowest BCUT2D eigenvalue weighted by molar-refractivity contribution is -0.148. The Balaban J connectivity index is 1.54. The number of pyridine rings is 1. The maximum absolute atomic E-state index is 12.8. The second kappa shape index (κ2) is 8.78. The van der Waals surface area contributed by atoms with Crippen molar-refractivity contribution in [2.45, 2.75) is 51.6 Å². The zero-order valence-corrected chi connectivity index (χ0v) is 19.3. The molecule has 1 aliphatic rings. The van der Waals surface area contributed by atoms with E-state index in [-0.39, 0.29) is 16.8 Å². The van der Waals surface area contributed by atoms with Crippen molar-refractivity contribution in [1.29, 1.82) is 0 Å². The SMILES string of the molecule is CC(C)(C)OC(=O)/C=C/c1c(O)nc2cc(C(=O)Nc3nc(C4CCC4)cs3)ccn2c1=O. The van der Waals surface area contributed by atoms with Crippen LogP contribution < -0.4 is 10.9 Å². The maximum atomic E-state index is 12.8. The number of amides is 1. The van der Waals surface area contributed by atoms with Crippen molar-refractivity contribution in [1.82, 2.24) is 14.4 Å². The van der Waals surface area contributed by atoms with E-state index in [4.69, 9.17) is 4.74 Å². The molecule has 9 nitrogen and oxygen atoms in total. The number of nitrogens with one attached hydrogen (secondary N) is 1. The lowest BCUT2D eigenvalue weighted by atomic mass is 9.83. The number of fused-ring (bicyclic) bond motifs is 1. The monoisotopic (exact) mass is 468 g/mol. The van der Waals surface area contributed by atoms with E-state index >= 15 is 0 Å². The van der Waals surface area contributed by atoms with Crippen LogP contribution in [0, 0.1) is 0 Å². The second-order valence-electron chi connectivity index (χ2n) is 8.82. The van der Waals surface area contributed by atoms with Crippen LogP contribution in [0.5, 0.6) is 5.88 Å². The molecule has 0 atom stereocenters. The molecule has 1 aliphatic carbocycles. The van der Waals surface area contributed by atoms with Crippen LogP contribution in [0.1, 0.15) is 67.6 Å². The summed E-state index contributed by atoms with van der Waals surface area (Å²) in [4.78, 5) is 45.8. The van der Waals surface area contributed by atoms with Crippen LogP contribution >= 0.6 is 11.3 Å². The van der Waals surface area contributed by atoms with E-state index in [9.17, 15) is 19.5 Å². The fourth-order valence-corrected chi connectivity index (χ4v) is 4.11. The maximum Gasteiger partial charge on any atom is 0.331 e. The molecule has 3 heterocycles. The smallest absolute Gasteiger partial charge is 0.331 e. The van der Waals surface area contributed by atoms with E-state index < -0.39 is 28.9 Å². The first-order chi connectivity index (χ1) is 15.6. The molecule has 2 N–H and O–H groups in total. The van der Waals surface area contributed by atoms with E-state index in [0.29, 0.717) is 11.0 Å². The lowest BCUT2D eigenvalue weighted by Crippen LogP contribution is -2.23.